The predicted octanol–water partition coefficient (Wildman–Crippen LogP) is 1.05. The second-order valence-electron chi connectivity index (χ2n) is 5.73. The van der Waals surface area contributed by atoms with Crippen LogP contribution in [-0.2, 0) is 34.1 Å². The van der Waals surface area contributed by atoms with Gasteiger partial charge >= 0.3 is 0 Å². The van der Waals surface area contributed by atoms with Gasteiger partial charge in [0.25, 0.3) is 0 Å². The summed E-state index contributed by atoms with van der Waals surface area (Å²) in [5.41, 5.74) is 0. The van der Waals surface area contributed by atoms with Crippen LogP contribution in [0.1, 0.15) is 25.0 Å². The van der Waals surface area contributed by atoms with Crippen molar-refractivity contribution in [1.29, 1.82) is 0 Å². The summed E-state index contributed by atoms with van der Waals surface area (Å²) in [5.74, 6) is 1.34. The van der Waals surface area contributed by atoms with Crippen LogP contribution in [0.2, 0.25) is 0 Å². The van der Waals surface area contributed by atoms with Crippen LogP contribution in [-0.4, -0.2) is 46.3 Å². The van der Waals surface area contributed by atoms with Gasteiger partial charge in [0.2, 0.25) is 5.91 Å². The number of aryl methyl sites for hydroxylation is 1. The van der Waals surface area contributed by atoms with Crippen LogP contribution < -0.4 is 0 Å². The number of sulfone groups is 1. The molecule has 128 valence electrons. The Balaban J connectivity index is 1.62. The first-order valence-electron chi connectivity index (χ1n) is 7.98. The maximum absolute atomic E-state index is 12.4. The van der Waals surface area contributed by atoms with Crippen molar-refractivity contribution in [2.45, 2.75) is 37.8 Å². The molecular weight excluding hydrogens is 328 g/mol. The third-order valence-electron chi connectivity index (χ3n) is 4.19. The van der Waals surface area contributed by atoms with Gasteiger partial charge in [-0.05, 0) is 12.1 Å². The fourth-order valence-corrected chi connectivity index (χ4v) is 4.07. The summed E-state index contributed by atoms with van der Waals surface area (Å²) in [6.07, 6.45) is 0.780. The highest BCUT2D eigenvalue weighted by Gasteiger charge is 2.25. The van der Waals surface area contributed by atoms with Crippen LogP contribution in [0.4, 0.5) is 0 Å². The van der Waals surface area contributed by atoms with E-state index in [1.54, 1.807) is 35.2 Å². The number of amides is 1. The molecule has 1 amide bonds. The molecule has 2 heterocycles. The van der Waals surface area contributed by atoms with Gasteiger partial charge in [-0.3, -0.25) is 4.79 Å². The molecule has 0 saturated carbocycles. The molecule has 2 aromatic rings. The summed E-state index contributed by atoms with van der Waals surface area (Å²) >= 11 is 0. The largest absolute Gasteiger partial charge is 0.333 e. The quantitative estimate of drug-likeness (QED) is 0.806. The smallest absolute Gasteiger partial charge is 0.224 e. The van der Waals surface area contributed by atoms with Crippen molar-refractivity contribution >= 4 is 15.7 Å². The van der Waals surface area contributed by atoms with E-state index in [9.17, 15) is 13.2 Å². The highest BCUT2D eigenvalue weighted by molar-refractivity contribution is 7.91. The molecule has 7 nitrogen and oxygen atoms in total. The van der Waals surface area contributed by atoms with Crippen molar-refractivity contribution in [3.8, 4) is 0 Å². The van der Waals surface area contributed by atoms with E-state index in [1.807, 2.05) is 11.5 Å². The lowest BCUT2D eigenvalue weighted by Gasteiger charge is -2.27. The van der Waals surface area contributed by atoms with Gasteiger partial charge in [0.1, 0.15) is 5.82 Å². The molecule has 0 atom stereocenters. The molecule has 3 rings (SSSR count). The van der Waals surface area contributed by atoms with Crippen molar-refractivity contribution in [3.63, 3.8) is 0 Å². The second kappa shape index (κ2) is 6.72. The number of benzene rings is 1. The van der Waals surface area contributed by atoms with Crippen molar-refractivity contribution in [1.82, 2.24) is 19.7 Å². The Kier molecular flexibility index (Phi) is 4.66. The van der Waals surface area contributed by atoms with Gasteiger partial charge in [0.15, 0.2) is 15.7 Å². The zero-order valence-corrected chi connectivity index (χ0v) is 14.4. The van der Waals surface area contributed by atoms with Crippen molar-refractivity contribution in [3.05, 3.63) is 42.0 Å². The molecule has 0 spiro atoms. The van der Waals surface area contributed by atoms with E-state index in [0.29, 0.717) is 19.6 Å². The molecule has 1 aromatic carbocycles. The lowest BCUT2D eigenvalue weighted by molar-refractivity contribution is -0.132. The Bertz CT molecular complexity index is 830. The van der Waals surface area contributed by atoms with Crippen LogP contribution in [0.15, 0.2) is 35.2 Å². The third-order valence-corrected chi connectivity index (χ3v) is 5.92. The lowest BCUT2D eigenvalue weighted by atomic mass is 10.3. The molecule has 24 heavy (non-hydrogen) atoms. The summed E-state index contributed by atoms with van der Waals surface area (Å²) < 4.78 is 26.6. The minimum absolute atomic E-state index is 0.0218. The predicted molar refractivity (Wildman–Crippen MR) is 87.9 cm³/mol. The van der Waals surface area contributed by atoms with Gasteiger partial charge in [-0.1, -0.05) is 25.1 Å². The van der Waals surface area contributed by atoms with E-state index >= 15 is 0 Å². The van der Waals surface area contributed by atoms with Crippen molar-refractivity contribution < 1.29 is 13.2 Å². The molecule has 1 aliphatic rings. The standard InChI is InChI=1S/C16H20N4O3S/c1-2-14-17-18-15-12-19(9-10-20(14)15)16(21)8-11-24(22,23)13-6-4-3-5-7-13/h3-7H,2,8-12H2,1H3. The Morgan fingerprint density at radius 1 is 1.17 bits per heavy atom. The van der Waals surface area contributed by atoms with Crippen LogP contribution in [0.5, 0.6) is 0 Å². The molecule has 8 heteroatoms. The van der Waals surface area contributed by atoms with E-state index in [4.69, 9.17) is 0 Å². The number of hydrogen-bond acceptors (Lipinski definition) is 5. The van der Waals surface area contributed by atoms with Crippen LogP contribution in [0, 0.1) is 0 Å². The lowest BCUT2D eigenvalue weighted by Crippen LogP contribution is -2.39. The maximum Gasteiger partial charge on any atom is 0.224 e. The first-order chi connectivity index (χ1) is 11.5. The topological polar surface area (TPSA) is 85.2 Å². The number of fused-ring (bicyclic) bond motifs is 1. The fourth-order valence-electron chi connectivity index (χ4n) is 2.82. The minimum atomic E-state index is -3.44. The average Bonchev–Trinajstić information content (AvgIpc) is 3.02. The van der Waals surface area contributed by atoms with Gasteiger partial charge in [-0.25, -0.2) is 8.42 Å². The third kappa shape index (κ3) is 3.33. The minimum Gasteiger partial charge on any atom is -0.333 e. The van der Waals surface area contributed by atoms with Gasteiger partial charge < -0.3 is 9.47 Å². The molecule has 0 saturated heterocycles. The van der Waals surface area contributed by atoms with Gasteiger partial charge in [0, 0.05) is 25.9 Å². The average molecular weight is 348 g/mol. The van der Waals surface area contributed by atoms with Crippen LogP contribution in [0.3, 0.4) is 0 Å². The van der Waals surface area contributed by atoms with E-state index < -0.39 is 9.84 Å². The van der Waals surface area contributed by atoms with Crippen LogP contribution >= 0.6 is 0 Å². The number of nitrogens with zero attached hydrogens (tertiary/aromatic N) is 4. The molecule has 0 unspecified atom stereocenters. The normalized spacial score (nSPS) is 14.5. The summed E-state index contributed by atoms with van der Waals surface area (Å²) in [6, 6.07) is 8.22. The zero-order valence-electron chi connectivity index (χ0n) is 13.6. The molecule has 0 aliphatic carbocycles. The Morgan fingerprint density at radius 3 is 2.62 bits per heavy atom. The fraction of sp³-hybridized carbons (Fsp3) is 0.438. The van der Waals surface area contributed by atoms with Crippen molar-refractivity contribution in [2.75, 3.05) is 12.3 Å². The number of carbonyl (C=O) groups is 1. The molecule has 0 fully saturated rings. The van der Waals surface area contributed by atoms with Crippen molar-refractivity contribution in [2.24, 2.45) is 0 Å². The summed E-state index contributed by atoms with van der Waals surface area (Å²) in [6.45, 7) is 3.62. The Hall–Kier alpha value is -2.22. The second-order valence-corrected chi connectivity index (χ2v) is 7.84. The monoisotopic (exact) mass is 348 g/mol. The zero-order chi connectivity index (χ0) is 17.2. The molecule has 1 aliphatic heterocycles. The van der Waals surface area contributed by atoms with Gasteiger partial charge in [-0.2, -0.15) is 0 Å². The Labute approximate surface area is 141 Å². The first-order valence-corrected chi connectivity index (χ1v) is 9.63. The summed E-state index contributed by atoms with van der Waals surface area (Å²) in [7, 11) is -3.44. The van der Waals surface area contributed by atoms with E-state index in [2.05, 4.69) is 10.2 Å². The molecule has 0 radical (unpaired) electrons. The number of carbonyl (C=O) groups excluding carboxylic acids is 1. The molecule has 0 N–H and O–H groups in total. The first kappa shape index (κ1) is 16.6. The van der Waals surface area contributed by atoms with Crippen LogP contribution in [0.25, 0.3) is 0 Å². The molecule has 0 bridgehead atoms. The SMILES string of the molecule is CCc1nnc2n1CCN(C(=O)CCS(=O)(=O)c1ccccc1)C2. The number of hydrogen-bond donors (Lipinski definition) is 0. The van der Waals surface area contributed by atoms with Gasteiger partial charge in [-0.15, -0.1) is 10.2 Å². The number of rotatable bonds is 5. The highest BCUT2D eigenvalue weighted by atomic mass is 32.2. The maximum atomic E-state index is 12.4. The Morgan fingerprint density at radius 2 is 1.92 bits per heavy atom. The van der Waals surface area contributed by atoms with E-state index in [0.717, 1.165) is 18.1 Å². The molecule has 1 aromatic heterocycles. The highest BCUT2D eigenvalue weighted by Crippen LogP contribution is 2.16. The summed E-state index contributed by atoms with van der Waals surface area (Å²) in [4.78, 5) is 14.3. The number of aromatic nitrogens is 3. The van der Waals surface area contributed by atoms with Gasteiger partial charge in [0.05, 0.1) is 17.2 Å². The van der Waals surface area contributed by atoms with E-state index in [1.165, 1.54) is 0 Å². The molecular formula is C16H20N4O3S. The van der Waals surface area contributed by atoms with E-state index in [-0.39, 0.29) is 23.0 Å². The summed E-state index contributed by atoms with van der Waals surface area (Å²) in [5, 5.41) is 8.23.